The fourth-order valence-corrected chi connectivity index (χ4v) is 3.83. The summed E-state index contributed by atoms with van der Waals surface area (Å²) in [5.74, 6) is 0.674. The van der Waals surface area contributed by atoms with Gasteiger partial charge in [0.15, 0.2) is 0 Å². The van der Waals surface area contributed by atoms with Crippen LogP contribution < -0.4 is 4.90 Å². The summed E-state index contributed by atoms with van der Waals surface area (Å²) in [6.07, 6.45) is 1.19. The number of hydrogen-bond donors (Lipinski definition) is 0. The lowest BCUT2D eigenvalue weighted by Crippen LogP contribution is -2.34. The molecule has 1 unspecified atom stereocenters. The van der Waals surface area contributed by atoms with Gasteiger partial charge in [-0.2, -0.15) is 0 Å². The Morgan fingerprint density at radius 3 is 2.62 bits per heavy atom. The molecule has 3 aromatic rings. The molecule has 0 N–H and O–H groups in total. The summed E-state index contributed by atoms with van der Waals surface area (Å²) in [7, 11) is 0. The van der Waals surface area contributed by atoms with Crippen LogP contribution in [0.2, 0.25) is 0 Å². The number of para-hydroxylation sites is 1. The minimum absolute atomic E-state index is 0.527. The van der Waals surface area contributed by atoms with Crippen LogP contribution in [0, 0.1) is 12.8 Å². The van der Waals surface area contributed by atoms with Gasteiger partial charge < -0.3 is 4.90 Å². The maximum Gasteiger partial charge on any atom is 0.113 e. The lowest BCUT2D eigenvalue weighted by Gasteiger charge is -2.24. The van der Waals surface area contributed by atoms with Crippen LogP contribution >= 0.6 is 0 Å². The third-order valence-electron chi connectivity index (χ3n) is 5.18. The summed E-state index contributed by atoms with van der Waals surface area (Å²) < 4.78 is 2.03. The summed E-state index contributed by atoms with van der Waals surface area (Å²) in [4.78, 5) is 5.01. The van der Waals surface area contributed by atoms with E-state index in [1.807, 2.05) is 16.8 Å². The molecule has 5 nitrogen and oxygen atoms in total. The first-order valence-electron chi connectivity index (χ1n) is 9.44. The van der Waals surface area contributed by atoms with Gasteiger partial charge in [-0.05, 0) is 43.5 Å². The number of rotatable bonds is 5. The Hall–Kier alpha value is -2.40. The van der Waals surface area contributed by atoms with Gasteiger partial charge in [0.25, 0.3) is 0 Å². The van der Waals surface area contributed by atoms with E-state index in [4.69, 9.17) is 0 Å². The number of aromatic nitrogens is 3. The molecule has 2 heterocycles. The monoisotopic (exact) mass is 349 g/mol. The predicted molar refractivity (Wildman–Crippen MR) is 106 cm³/mol. The summed E-state index contributed by atoms with van der Waals surface area (Å²) in [5, 5.41) is 8.69. The predicted octanol–water partition coefficient (Wildman–Crippen LogP) is 3.89. The number of anilines is 1. The quantitative estimate of drug-likeness (QED) is 0.700. The molecular weight excluding hydrogens is 322 g/mol. The number of fused-ring (bicyclic) bond motifs is 1. The molecule has 1 atom stereocenters. The van der Waals surface area contributed by atoms with Crippen molar-refractivity contribution in [3.63, 3.8) is 0 Å². The van der Waals surface area contributed by atoms with E-state index in [0.29, 0.717) is 12.0 Å². The zero-order chi connectivity index (χ0) is 18.1. The molecule has 0 bridgehead atoms. The van der Waals surface area contributed by atoms with Crippen molar-refractivity contribution in [1.82, 2.24) is 19.9 Å². The second-order valence-electron chi connectivity index (χ2n) is 7.79. The van der Waals surface area contributed by atoms with Gasteiger partial charge in [0.05, 0.1) is 18.9 Å². The van der Waals surface area contributed by atoms with Crippen molar-refractivity contribution in [2.45, 2.75) is 39.9 Å². The van der Waals surface area contributed by atoms with Crippen LogP contribution in [0.1, 0.15) is 25.8 Å². The first-order valence-corrected chi connectivity index (χ1v) is 9.44. The zero-order valence-electron chi connectivity index (χ0n) is 15.8. The Bertz CT molecular complexity index is 867. The van der Waals surface area contributed by atoms with Gasteiger partial charge in [-0.15, -0.1) is 5.10 Å². The molecule has 1 aromatic heterocycles. The Kier molecular flexibility index (Phi) is 4.64. The van der Waals surface area contributed by atoms with E-state index in [0.717, 1.165) is 30.9 Å². The van der Waals surface area contributed by atoms with E-state index >= 15 is 0 Å². The highest BCUT2D eigenvalue weighted by molar-refractivity contribution is 5.73. The second-order valence-corrected chi connectivity index (χ2v) is 7.79. The SMILES string of the molecule is Cc1ccc(N2CC(CC(C)C)N(Cn3nnc4ccccc43)C2)cc1. The van der Waals surface area contributed by atoms with Crippen LogP contribution in [-0.4, -0.2) is 39.1 Å². The minimum Gasteiger partial charge on any atom is -0.357 e. The standard InChI is InChI=1S/C21H27N5/c1-16(2)12-19-13-24(18-10-8-17(3)9-11-18)14-25(19)15-26-21-7-5-4-6-20(21)22-23-26/h4-11,16,19H,12-15H2,1-3H3. The van der Waals surface area contributed by atoms with Crippen molar-refractivity contribution in [2.75, 3.05) is 18.1 Å². The largest absolute Gasteiger partial charge is 0.357 e. The fourth-order valence-electron chi connectivity index (χ4n) is 3.83. The van der Waals surface area contributed by atoms with E-state index in [-0.39, 0.29) is 0 Å². The minimum atomic E-state index is 0.527. The van der Waals surface area contributed by atoms with Crippen LogP contribution in [0.4, 0.5) is 5.69 Å². The lowest BCUT2D eigenvalue weighted by atomic mass is 10.0. The van der Waals surface area contributed by atoms with Gasteiger partial charge in [0.1, 0.15) is 5.52 Å². The molecule has 1 aliphatic heterocycles. The van der Waals surface area contributed by atoms with Gasteiger partial charge in [0.2, 0.25) is 0 Å². The van der Waals surface area contributed by atoms with Gasteiger partial charge >= 0.3 is 0 Å². The molecule has 136 valence electrons. The highest BCUT2D eigenvalue weighted by Gasteiger charge is 2.31. The van der Waals surface area contributed by atoms with Crippen LogP contribution in [-0.2, 0) is 6.67 Å². The highest BCUT2D eigenvalue weighted by Crippen LogP contribution is 2.26. The molecule has 0 radical (unpaired) electrons. The number of hydrogen-bond acceptors (Lipinski definition) is 4. The maximum atomic E-state index is 4.39. The topological polar surface area (TPSA) is 37.2 Å². The summed E-state index contributed by atoms with van der Waals surface area (Å²) in [5.41, 5.74) is 4.67. The van der Waals surface area contributed by atoms with E-state index in [2.05, 4.69) is 77.3 Å². The molecule has 26 heavy (non-hydrogen) atoms. The number of nitrogens with zero attached hydrogens (tertiary/aromatic N) is 5. The summed E-state index contributed by atoms with van der Waals surface area (Å²) in [6, 6.07) is 17.6. The average Bonchev–Trinajstić information content (AvgIpc) is 3.20. The van der Waals surface area contributed by atoms with Crippen molar-refractivity contribution in [2.24, 2.45) is 5.92 Å². The Morgan fingerprint density at radius 2 is 1.85 bits per heavy atom. The van der Waals surface area contributed by atoms with Gasteiger partial charge in [-0.1, -0.05) is 48.9 Å². The van der Waals surface area contributed by atoms with Gasteiger partial charge in [-0.25, -0.2) is 4.68 Å². The first kappa shape index (κ1) is 17.0. The molecule has 0 spiro atoms. The Balaban J connectivity index is 1.57. The summed E-state index contributed by atoms with van der Waals surface area (Å²) >= 11 is 0. The van der Waals surface area contributed by atoms with E-state index in [1.165, 1.54) is 17.7 Å². The first-order chi connectivity index (χ1) is 12.6. The maximum absolute atomic E-state index is 4.39. The van der Waals surface area contributed by atoms with Crippen molar-refractivity contribution >= 4 is 16.7 Å². The van der Waals surface area contributed by atoms with Crippen molar-refractivity contribution in [3.05, 3.63) is 54.1 Å². The van der Waals surface area contributed by atoms with Crippen LogP contribution in [0.15, 0.2) is 48.5 Å². The van der Waals surface area contributed by atoms with E-state index in [9.17, 15) is 0 Å². The lowest BCUT2D eigenvalue weighted by molar-refractivity contribution is 0.178. The smallest absolute Gasteiger partial charge is 0.113 e. The summed E-state index contributed by atoms with van der Waals surface area (Å²) in [6.45, 7) is 9.51. The van der Waals surface area contributed by atoms with E-state index in [1.54, 1.807) is 0 Å². The molecule has 0 aliphatic carbocycles. The van der Waals surface area contributed by atoms with Gasteiger partial charge in [0, 0.05) is 18.3 Å². The number of aryl methyl sites for hydroxylation is 1. The molecule has 0 amide bonds. The number of benzene rings is 2. The average molecular weight is 349 g/mol. The third kappa shape index (κ3) is 3.44. The van der Waals surface area contributed by atoms with Crippen LogP contribution in [0.3, 0.4) is 0 Å². The van der Waals surface area contributed by atoms with Crippen LogP contribution in [0.5, 0.6) is 0 Å². The molecule has 0 saturated carbocycles. The van der Waals surface area contributed by atoms with E-state index < -0.39 is 0 Å². The Morgan fingerprint density at radius 1 is 1.08 bits per heavy atom. The normalized spacial score (nSPS) is 18.3. The third-order valence-corrected chi connectivity index (χ3v) is 5.18. The van der Waals surface area contributed by atoms with Crippen molar-refractivity contribution in [3.8, 4) is 0 Å². The molecule has 1 aliphatic rings. The Labute approximate surface area is 155 Å². The van der Waals surface area contributed by atoms with Crippen LogP contribution in [0.25, 0.3) is 11.0 Å². The zero-order valence-corrected chi connectivity index (χ0v) is 15.8. The molecule has 2 aromatic carbocycles. The molecule has 4 rings (SSSR count). The molecule has 1 fully saturated rings. The fraction of sp³-hybridized carbons (Fsp3) is 0.429. The molecule has 5 heteroatoms. The van der Waals surface area contributed by atoms with Crippen molar-refractivity contribution < 1.29 is 0 Å². The molecular formula is C21H27N5. The second kappa shape index (κ2) is 7.08. The van der Waals surface area contributed by atoms with Crippen molar-refractivity contribution in [1.29, 1.82) is 0 Å². The van der Waals surface area contributed by atoms with Gasteiger partial charge in [-0.3, -0.25) is 4.90 Å². The molecule has 1 saturated heterocycles. The highest BCUT2D eigenvalue weighted by atomic mass is 15.5.